The van der Waals surface area contributed by atoms with Crippen LogP contribution in [0.15, 0.2) is 24.3 Å². The van der Waals surface area contributed by atoms with E-state index in [1.807, 2.05) is 0 Å². The van der Waals surface area contributed by atoms with Gasteiger partial charge in [0.1, 0.15) is 5.75 Å². The molecule has 78 valence electrons. The lowest BCUT2D eigenvalue weighted by molar-refractivity contribution is -0.163. The molecule has 0 saturated heterocycles. The predicted molar refractivity (Wildman–Crippen MR) is 52.5 cm³/mol. The van der Waals surface area contributed by atoms with Crippen LogP contribution in [0.25, 0.3) is 0 Å². The highest BCUT2D eigenvalue weighted by Gasteiger charge is 2.40. The van der Waals surface area contributed by atoms with Crippen molar-refractivity contribution >= 4 is 34.8 Å². The topological polar surface area (TPSA) is 9.23 Å². The van der Waals surface area contributed by atoms with E-state index in [1.54, 1.807) is 0 Å². The molecule has 0 fully saturated rings. The molecule has 1 aromatic carbocycles. The van der Waals surface area contributed by atoms with Crippen molar-refractivity contribution in [1.29, 1.82) is 0 Å². The van der Waals surface area contributed by atoms with Gasteiger partial charge in [0, 0.05) is 5.02 Å². The molecule has 14 heavy (non-hydrogen) atoms. The second kappa shape index (κ2) is 4.51. The Kier molecular flexibility index (Phi) is 3.81. The molecule has 1 aromatic rings. The van der Waals surface area contributed by atoms with Gasteiger partial charge in [0.25, 0.3) is 0 Å². The van der Waals surface area contributed by atoms with Gasteiger partial charge in [-0.25, -0.2) is 0 Å². The van der Waals surface area contributed by atoms with Crippen LogP contribution >= 0.6 is 34.8 Å². The van der Waals surface area contributed by atoms with Crippen LogP contribution in [0.4, 0.5) is 8.78 Å². The van der Waals surface area contributed by atoms with E-state index in [4.69, 9.17) is 34.8 Å². The summed E-state index contributed by atoms with van der Waals surface area (Å²) in [4.78, 5) is -1.93. The molecule has 0 amide bonds. The van der Waals surface area contributed by atoms with Crippen LogP contribution in [0.2, 0.25) is 5.02 Å². The molecular weight excluding hydrogens is 256 g/mol. The second-order valence-corrected chi connectivity index (χ2v) is 3.95. The zero-order chi connectivity index (χ0) is 10.8. The SMILES string of the molecule is FC(F)(Oc1cccc(Cl)c1)C(Cl)Cl. The third kappa shape index (κ3) is 3.15. The van der Waals surface area contributed by atoms with Crippen LogP contribution in [0.3, 0.4) is 0 Å². The van der Waals surface area contributed by atoms with Crippen molar-refractivity contribution in [2.45, 2.75) is 10.9 Å². The summed E-state index contributed by atoms with van der Waals surface area (Å²) < 4.78 is 29.9. The van der Waals surface area contributed by atoms with E-state index in [2.05, 4.69) is 4.74 Å². The second-order valence-electron chi connectivity index (χ2n) is 2.42. The zero-order valence-electron chi connectivity index (χ0n) is 6.68. The Bertz CT molecular complexity index is 317. The Balaban J connectivity index is 2.78. The Labute approximate surface area is 94.5 Å². The summed E-state index contributed by atoms with van der Waals surface area (Å²) in [7, 11) is 0. The summed E-state index contributed by atoms with van der Waals surface area (Å²) in [5.74, 6) is -0.0891. The number of hydrogen-bond donors (Lipinski definition) is 0. The van der Waals surface area contributed by atoms with Gasteiger partial charge < -0.3 is 4.74 Å². The van der Waals surface area contributed by atoms with Gasteiger partial charge in [-0.3, -0.25) is 0 Å². The van der Waals surface area contributed by atoms with Crippen LogP contribution in [-0.2, 0) is 0 Å². The van der Waals surface area contributed by atoms with Gasteiger partial charge in [0.05, 0.1) is 0 Å². The Hall–Kier alpha value is -0.250. The molecule has 0 bridgehead atoms. The van der Waals surface area contributed by atoms with E-state index in [1.165, 1.54) is 24.3 Å². The Morgan fingerprint density at radius 3 is 2.43 bits per heavy atom. The Morgan fingerprint density at radius 2 is 1.93 bits per heavy atom. The van der Waals surface area contributed by atoms with Gasteiger partial charge in [-0.15, -0.1) is 0 Å². The highest BCUT2D eigenvalue weighted by molar-refractivity contribution is 6.44. The standard InChI is InChI=1S/C8H5Cl3F2O/c9-5-2-1-3-6(4-5)14-8(12,13)7(10)11/h1-4,7H. The molecule has 0 saturated carbocycles. The third-order valence-electron chi connectivity index (χ3n) is 1.30. The largest absolute Gasteiger partial charge is 0.431 e. The van der Waals surface area contributed by atoms with Gasteiger partial charge in [-0.2, -0.15) is 8.78 Å². The molecule has 0 heterocycles. The lowest BCUT2D eigenvalue weighted by Gasteiger charge is -2.18. The lowest BCUT2D eigenvalue weighted by atomic mass is 10.3. The molecule has 0 aliphatic carbocycles. The van der Waals surface area contributed by atoms with Crippen molar-refractivity contribution in [2.75, 3.05) is 0 Å². The van der Waals surface area contributed by atoms with Crippen LogP contribution in [0.5, 0.6) is 5.75 Å². The number of rotatable bonds is 3. The monoisotopic (exact) mass is 260 g/mol. The molecule has 6 heteroatoms. The van der Waals surface area contributed by atoms with Gasteiger partial charge in [-0.1, -0.05) is 40.9 Å². The van der Waals surface area contributed by atoms with Gasteiger partial charge in [0.15, 0.2) is 0 Å². The van der Waals surface area contributed by atoms with Gasteiger partial charge in [0.2, 0.25) is 4.84 Å². The number of alkyl halides is 4. The molecule has 0 aliphatic rings. The van der Waals surface area contributed by atoms with Crippen molar-refractivity contribution in [1.82, 2.24) is 0 Å². The van der Waals surface area contributed by atoms with Gasteiger partial charge in [-0.05, 0) is 18.2 Å². The molecule has 0 atom stereocenters. The first-order chi connectivity index (χ1) is 6.42. The average Bonchev–Trinajstić information content (AvgIpc) is 2.02. The van der Waals surface area contributed by atoms with E-state index in [0.29, 0.717) is 5.02 Å². The van der Waals surface area contributed by atoms with Crippen LogP contribution in [-0.4, -0.2) is 10.9 Å². The van der Waals surface area contributed by atoms with Crippen molar-refractivity contribution in [2.24, 2.45) is 0 Å². The van der Waals surface area contributed by atoms with E-state index in [9.17, 15) is 8.78 Å². The summed E-state index contributed by atoms with van der Waals surface area (Å²) >= 11 is 15.6. The maximum Gasteiger partial charge on any atom is 0.428 e. The van der Waals surface area contributed by atoms with E-state index in [-0.39, 0.29) is 5.75 Å². The van der Waals surface area contributed by atoms with Gasteiger partial charge >= 0.3 is 6.11 Å². The Morgan fingerprint density at radius 1 is 1.29 bits per heavy atom. The molecule has 0 N–H and O–H groups in total. The van der Waals surface area contributed by atoms with Crippen LogP contribution in [0, 0.1) is 0 Å². The average molecular weight is 261 g/mol. The summed E-state index contributed by atoms with van der Waals surface area (Å²) in [5.41, 5.74) is 0. The minimum Gasteiger partial charge on any atom is -0.431 e. The molecule has 0 radical (unpaired) electrons. The zero-order valence-corrected chi connectivity index (χ0v) is 8.95. The summed E-state index contributed by atoms with van der Waals surface area (Å²) in [6.45, 7) is 0. The molecule has 0 aliphatic heterocycles. The summed E-state index contributed by atoms with van der Waals surface area (Å²) in [6, 6.07) is 5.58. The van der Waals surface area contributed by atoms with E-state index >= 15 is 0 Å². The quantitative estimate of drug-likeness (QED) is 0.744. The number of hydrogen-bond acceptors (Lipinski definition) is 1. The highest BCUT2D eigenvalue weighted by atomic mass is 35.5. The van der Waals surface area contributed by atoms with Crippen molar-refractivity contribution in [3.63, 3.8) is 0 Å². The summed E-state index contributed by atoms with van der Waals surface area (Å²) in [6.07, 6.45) is -3.63. The van der Waals surface area contributed by atoms with Crippen LogP contribution in [0.1, 0.15) is 0 Å². The highest BCUT2D eigenvalue weighted by Crippen LogP contribution is 2.30. The molecular formula is C8H5Cl3F2O. The maximum atomic E-state index is 12.8. The number of ether oxygens (including phenoxy) is 1. The van der Waals surface area contributed by atoms with E-state index < -0.39 is 10.9 Å². The van der Waals surface area contributed by atoms with Crippen molar-refractivity contribution in [3.05, 3.63) is 29.3 Å². The third-order valence-corrected chi connectivity index (χ3v) is 2.05. The fourth-order valence-electron chi connectivity index (χ4n) is 0.732. The first-order valence-corrected chi connectivity index (χ1v) is 4.77. The predicted octanol–water partition coefficient (Wildman–Crippen LogP) is 4.12. The fraction of sp³-hybridized carbons (Fsp3) is 0.250. The summed E-state index contributed by atoms with van der Waals surface area (Å²) in [5, 5.41) is 0.291. The molecule has 0 aromatic heterocycles. The molecule has 1 nitrogen and oxygen atoms in total. The first-order valence-electron chi connectivity index (χ1n) is 3.52. The maximum absolute atomic E-state index is 12.8. The molecule has 0 unspecified atom stereocenters. The minimum atomic E-state index is -3.63. The fourth-order valence-corrected chi connectivity index (χ4v) is 1.00. The van der Waals surface area contributed by atoms with E-state index in [0.717, 1.165) is 0 Å². The van der Waals surface area contributed by atoms with Crippen molar-refractivity contribution < 1.29 is 13.5 Å². The molecule has 1 rings (SSSR count). The lowest BCUT2D eigenvalue weighted by Crippen LogP contribution is -2.32. The number of benzene rings is 1. The smallest absolute Gasteiger partial charge is 0.428 e. The van der Waals surface area contributed by atoms with Crippen LogP contribution < -0.4 is 4.74 Å². The van der Waals surface area contributed by atoms with Crippen molar-refractivity contribution in [3.8, 4) is 5.75 Å². The molecule has 0 spiro atoms. The first kappa shape index (κ1) is 11.8. The number of halogens is 5. The minimum absolute atomic E-state index is 0.0891. The normalized spacial score (nSPS) is 11.9.